The summed E-state index contributed by atoms with van der Waals surface area (Å²) in [6.45, 7) is 4.28. The number of fused-ring (bicyclic) bond motifs is 8. The Morgan fingerprint density at radius 1 is 0.500 bits per heavy atom. The van der Waals surface area contributed by atoms with Crippen LogP contribution >= 0.6 is 0 Å². The number of nitrogens with one attached hydrogen (secondary N) is 2. The van der Waals surface area contributed by atoms with Crippen LogP contribution in [0.15, 0.2) is 60.7 Å². The summed E-state index contributed by atoms with van der Waals surface area (Å²) in [6, 6.07) is 22.3. The molecule has 2 heteroatoms. The Morgan fingerprint density at radius 2 is 1.12 bits per heavy atom. The predicted octanol–water partition coefficient (Wildman–Crippen LogP) is 6.73. The normalized spacial score (nSPS) is 12.2. The van der Waals surface area contributed by atoms with Crippen molar-refractivity contribution in [3.05, 3.63) is 71.8 Å². The second-order valence-electron chi connectivity index (χ2n) is 7.46. The van der Waals surface area contributed by atoms with Crippen LogP contribution in [0.4, 0.5) is 0 Å². The number of aromatic amines is 2. The fourth-order valence-corrected chi connectivity index (χ4v) is 4.34. The van der Waals surface area contributed by atoms with E-state index in [1.807, 2.05) is 0 Å². The molecule has 0 saturated heterocycles. The monoisotopic (exact) mass is 334 g/mol. The molecule has 6 rings (SSSR count). The van der Waals surface area contributed by atoms with E-state index in [9.17, 15) is 0 Å². The first kappa shape index (κ1) is 14.0. The lowest BCUT2D eigenvalue weighted by atomic mass is 10.0. The number of benzene rings is 4. The first-order valence-electron chi connectivity index (χ1n) is 9.04. The van der Waals surface area contributed by atoms with Crippen molar-refractivity contribution in [1.82, 2.24) is 9.97 Å². The van der Waals surface area contributed by atoms with E-state index in [0.29, 0.717) is 0 Å². The molecular weight excluding hydrogens is 316 g/mol. The maximum absolute atomic E-state index is 3.68. The molecule has 2 aromatic heterocycles. The van der Waals surface area contributed by atoms with Crippen LogP contribution in [-0.4, -0.2) is 9.97 Å². The van der Waals surface area contributed by atoms with Gasteiger partial charge in [-0.05, 0) is 43.0 Å². The van der Waals surface area contributed by atoms with E-state index in [2.05, 4.69) is 84.5 Å². The van der Waals surface area contributed by atoms with Gasteiger partial charge in [-0.1, -0.05) is 48.0 Å². The summed E-state index contributed by atoms with van der Waals surface area (Å²) in [6.07, 6.45) is 0. The summed E-state index contributed by atoms with van der Waals surface area (Å²) in [7, 11) is 0. The zero-order valence-electron chi connectivity index (χ0n) is 14.8. The Hall–Kier alpha value is -3.26. The minimum Gasteiger partial charge on any atom is -0.354 e. The average Bonchev–Trinajstić information content (AvgIpc) is 3.16. The molecule has 6 aromatic rings. The van der Waals surface area contributed by atoms with E-state index in [1.54, 1.807) is 0 Å². The van der Waals surface area contributed by atoms with Crippen molar-refractivity contribution < 1.29 is 0 Å². The SMILES string of the molecule is Cc1ccc2c(ccc3c4cc5[nH]c6cc(C)ccc6c5cc4[nH]c23)c1. The smallest absolute Gasteiger partial charge is 0.0544 e. The number of rotatable bonds is 0. The first-order chi connectivity index (χ1) is 12.7. The van der Waals surface area contributed by atoms with Crippen LogP contribution in [0, 0.1) is 13.8 Å². The molecule has 0 fully saturated rings. The highest BCUT2D eigenvalue weighted by Gasteiger charge is 2.11. The van der Waals surface area contributed by atoms with Gasteiger partial charge < -0.3 is 9.97 Å². The second kappa shape index (κ2) is 4.67. The molecular formula is C24H18N2. The van der Waals surface area contributed by atoms with E-state index in [0.717, 1.165) is 0 Å². The van der Waals surface area contributed by atoms with E-state index >= 15 is 0 Å². The van der Waals surface area contributed by atoms with Crippen molar-refractivity contribution in [1.29, 1.82) is 0 Å². The molecule has 124 valence electrons. The van der Waals surface area contributed by atoms with Crippen molar-refractivity contribution in [2.24, 2.45) is 0 Å². The lowest BCUT2D eigenvalue weighted by Gasteiger charge is -2.01. The fourth-order valence-electron chi connectivity index (χ4n) is 4.34. The molecule has 2 heterocycles. The third-order valence-electron chi connectivity index (χ3n) is 5.62. The van der Waals surface area contributed by atoms with Crippen molar-refractivity contribution in [2.45, 2.75) is 13.8 Å². The quantitative estimate of drug-likeness (QED) is 0.309. The molecule has 2 nitrogen and oxygen atoms in total. The molecule has 0 atom stereocenters. The molecule has 0 aliphatic rings. The number of hydrogen-bond donors (Lipinski definition) is 2. The van der Waals surface area contributed by atoms with Crippen LogP contribution in [0.3, 0.4) is 0 Å². The average molecular weight is 334 g/mol. The Balaban J connectivity index is 1.77. The van der Waals surface area contributed by atoms with Crippen molar-refractivity contribution in [3.8, 4) is 0 Å². The van der Waals surface area contributed by atoms with E-state index in [4.69, 9.17) is 0 Å². The molecule has 0 aliphatic heterocycles. The van der Waals surface area contributed by atoms with Crippen LogP contribution in [0.5, 0.6) is 0 Å². The van der Waals surface area contributed by atoms with Crippen LogP contribution in [0.2, 0.25) is 0 Å². The van der Waals surface area contributed by atoms with Gasteiger partial charge in [0.25, 0.3) is 0 Å². The summed E-state index contributed by atoms with van der Waals surface area (Å²) in [4.78, 5) is 7.28. The number of H-pyrrole nitrogens is 2. The van der Waals surface area contributed by atoms with Gasteiger partial charge in [-0.25, -0.2) is 0 Å². The number of aromatic nitrogens is 2. The van der Waals surface area contributed by atoms with Crippen LogP contribution in [0.1, 0.15) is 11.1 Å². The summed E-state index contributed by atoms with van der Waals surface area (Å²) in [5, 5.41) is 7.70. The van der Waals surface area contributed by atoms with Gasteiger partial charge in [0.05, 0.1) is 5.52 Å². The van der Waals surface area contributed by atoms with Crippen LogP contribution < -0.4 is 0 Å². The second-order valence-corrected chi connectivity index (χ2v) is 7.46. The largest absolute Gasteiger partial charge is 0.354 e. The van der Waals surface area contributed by atoms with E-state index in [1.165, 1.54) is 65.5 Å². The van der Waals surface area contributed by atoms with Gasteiger partial charge in [0.1, 0.15) is 0 Å². The van der Waals surface area contributed by atoms with Gasteiger partial charge in [-0.2, -0.15) is 0 Å². The van der Waals surface area contributed by atoms with Gasteiger partial charge in [0.2, 0.25) is 0 Å². The molecule has 0 bridgehead atoms. The molecule has 0 amide bonds. The van der Waals surface area contributed by atoms with Crippen LogP contribution in [-0.2, 0) is 0 Å². The molecule has 4 aromatic carbocycles. The Kier molecular flexibility index (Phi) is 2.51. The van der Waals surface area contributed by atoms with Crippen molar-refractivity contribution in [2.75, 3.05) is 0 Å². The van der Waals surface area contributed by atoms with Crippen molar-refractivity contribution >= 4 is 54.4 Å². The molecule has 0 spiro atoms. The summed E-state index contributed by atoms with van der Waals surface area (Å²) < 4.78 is 0. The summed E-state index contributed by atoms with van der Waals surface area (Å²) >= 11 is 0. The third kappa shape index (κ3) is 1.76. The summed E-state index contributed by atoms with van der Waals surface area (Å²) in [5.41, 5.74) is 7.40. The van der Waals surface area contributed by atoms with Gasteiger partial charge in [0, 0.05) is 43.5 Å². The number of aryl methyl sites for hydroxylation is 2. The van der Waals surface area contributed by atoms with Gasteiger partial charge >= 0.3 is 0 Å². The Morgan fingerprint density at radius 3 is 1.96 bits per heavy atom. The van der Waals surface area contributed by atoms with Gasteiger partial charge in [-0.3, -0.25) is 0 Å². The van der Waals surface area contributed by atoms with Gasteiger partial charge in [0.15, 0.2) is 0 Å². The maximum atomic E-state index is 3.68. The third-order valence-corrected chi connectivity index (χ3v) is 5.62. The highest BCUT2D eigenvalue weighted by molar-refractivity contribution is 6.21. The van der Waals surface area contributed by atoms with Crippen LogP contribution in [0.25, 0.3) is 54.4 Å². The molecule has 2 N–H and O–H groups in total. The minimum atomic E-state index is 1.20. The lowest BCUT2D eigenvalue weighted by Crippen LogP contribution is -1.77. The molecule has 26 heavy (non-hydrogen) atoms. The standard InChI is InChI=1S/C24H18N2/c1-13-3-6-16-15(9-13)5-8-18-20-12-22-19(11-23(20)26-24(16)18)17-7-4-14(2)10-21(17)25-22/h3-12,25-26H,1-2H3. The maximum Gasteiger partial charge on any atom is 0.0544 e. The topological polar surface area (TPSA) is 31.6 Å². The minimum absolute atomic E-state index is 1.20. The predicted molar refractivity (Wildman–Crippen MR) is 112 cm³/mol. The molecule has 0 saturated carbocycles. The highest BCUT2D eigenvalue weighted by Crippen LogP contribution is 2.36. The molecule has 0 aliphatic carbocycles. The summed E-state index contributed by atoms with van der Waals surface area (Å²) in [5.74, 6) is 0. The Labute approximate surface area is 150 Å². The van der Waals surface area contributed by atoms with Crippen molar-refractivity contribution in [3.63, 3.8) is 0 Å². The number of hydrogen-bond acceptors (Lipinski definition) is 0. The van der Waals surface area contributed by atoms with Gasteiger partial charge in [-0.15, -0.1) is 0 Å². The molecule has 0 unspecified atom stereocenters. The lowest BCUT2D eigenvalue weighted by molar-refractivity contribution is 1.47. The Bertz CT molecular complexity index is 1490. The first-order valence-corrected chi connectivity index (χ1v) is 9.04. The van der Waals surface area contributed by atoms with E-state index in [-0.39, 0.29) is 0 Å². The fraction of sp³-hybridized carbons (Fsp3) is 0.0833. The zero-order chi connectivity index (χ0) is 17.4. The zero-order valence-corrected chi connectivity index (χ0v) is 14.8. The highest BCUT2D eigenvalue weighted by atomic mass is 14.7. The molecule has 0 radical (unpaired) electrons. The van der Waals surface area contributed by atoms with E-state index < -0.39 is 0 Å².